The van der Waals surface area contributed by atoms with E-state index in [1.807, 2.05) is 4.90 Å². The van der Waals surface area contributed by atoms with Gasteiger partial charge in [0.15, 0.2) is 0 Å². The maximum atomic E-state index is 13.5. The Morgan fingerprint density at radius 2 is 2.09 bits per heavy atom. The second kappa shape index (κ2) is 7.88. The van der Waals surface area contributed by atoms with E-state index in [1.54, 1.807) is 18.0 Å². The third kappa shape index (κ3) is 5.00. The lowest BCUT2D eigenvalue weighted by Crippen LogP contribution is -2.37. The maximum absolute atomic E-state index is 13.5. The van der Waals surface area contributed by atoms with Gasteiger partial charge in [0.2, 0.25) is 0 Å². The molecule has 2 rings (SSSR count). The van der Waals surface area contributed by atoms with E-state index in [0.29, 0.717) is 29.5 Å². The summed E-state index contributed by atoms with van der Waals surface area (Å²) in [5.74, 6) is -1.49. The summed E-state index contributed by atoms with van der Waals surface area (Å²) in [6.07, 6.45) is 2.36. The van der Waals surface area contributed by atoms with Crippen molar-refractivity contribution in [3.05, 3.63) is 34.1 Å². The minimum Gasteiger partial charge on any atom is -0.480 e. The van der Waals surface area contributed by atoms with Gasteiger partial charge in [-0.15, -0.1) is 0 Å². The molecule has 1 fully saturated rings. The molecule has 1 aromatic carbocycles. The van der Waals surface area contributed by atoms with Crippen LogP contribution in [0, 0.1) is 5.82 Å². The number of rotatable bonds is 4. The Morgan fingerprint density at radius 1 is 1.35 bits per heavy atom. The van der Waals surface area contributed by atoms with Crippen LogP contribution in [0.2, 0.25) is 0 Å². The molecule has 1 heterocycles. The van der Waals surface area contributed by atoms with Crippen LogP contribution < -0.4 is 0 Å². The normalized spacial score (nSPS) is 18.8. The number of nitrogens with zero attached hydrogens (tertiary/aromatic N) is 2. The van der Waals surface area contributed by atoms with Crippen LogP contribution in [0.5, 0.6) is 0 Å². The fourth-order valence-corrected chi connectivity index (χ4v) is 3.39. The molecule has 1 atom stereocenters. The van der Waals surface area contributed by atoms with Crippen LogP contribution in [-0.2, 0) is 4.79 Å². The number of carboxylic acids is 1. The van der Waals surface area contributed by atoms with E-state index in [-0.39, 0.29) is 18.5 Å². The molecule has 126 valence electrons. The van der Waals surface area contributed by atoms with Gasteiger partial charge < -0.3 is 10.0 Å². The topological polar surface area (TPSA) is 60.9 Å². The molecule has 7 heteroatoms. The summed E-state index contributed by atoms with van der Waals surface area (Å²) in [6.45, 7) is 1.14. The van der Waals surface area contributed by atoms with Gasteiger partial charge in [-0.25, -0.2) is 4.39 Å². The number of carboxylic acid groups (broad SMARTS) is 1. The van der Waals surface area contributed by atoms with E-state index in [0.717, 1.165) is 12.8 Å². The minimum atomic E-state index is -0.853. The van der Waals surface area contributed by atoms with Crippen LogP contribution in [0.15, 0.2) is 22.7 Å². The Kier molecular flexibility index (Phi) is 6.12. The first-order valence-electron chi connectivity index (χ1n) is 7.54. The van der Waals surface area contributed by atoms with E-state index in [9.17, 15) is 14.0 Å². The molecule has 1 N–H and O–H groups in total. The Bertz CT molecular complexity index is 576. The van der Waals surface area contributed by atoms with Gasteiger partial charge in [0, 0.05) is 29.2 Å². The highest BCUT2D eigenvalue weighted by Gasteiger charge is 2.24. The number of likely N-dealkylation sites (tertiary alicyclic amines) is 1. The van der Waals surface area contributed by atoms with Crippen LogP contribution in [0.3, 0.4) is 0 Å². The second-order valence-corrected chi connectivity index (χ2v) is 6.76. The summed E-state index contributed by atoms with van der Waals surface area (Å²) in [6, 6.07) is 4.31. The first kappa shape index (κ1) is 17.9. The summed E-state index contributed by atoms with van der Waals surface area (Å²) < 4.78 is 14.0. The standard InChI is InChI=1S/C16H20BrFN2O3/c1-19(10-15(21)22)14-3-2-5-20(6-4-14)16(23)11-7-12(17)9-13(18)8-11/h7-9,14H,2-6,10H2,1H3,(H,21,22)/t14-/m0/s1. The third-order valence-corrected chi connectivity index (χ3v) is 4.56. The molecular weight excluding hydrogens is 367 g/mol. The van der Waals surface area contributed by atoms with Crippen LogP contribution in [-0.4, -0.2) is 59.5 Å². The largest absolute Gasteiger partial charge is 0.480 e. The first-order chi connectivity index (χ1) is 10.9. The molecule has 0 bridgehead atoms. The van der Waals surface area contributed by atoms with E-state index < -0.39 is 11.8 Å². The molecule has 0 unspecified atom stereocenters. The monoisotopic (exact) mass is 386 g/mol. The molecular formula is C16H20BrFN2O3. The predicted octanol–water partition coefficient (Wildman–Crippen LogP) is 2.60. The van der Waals surface area contributed by atoms with Crippen LogP contribution in [0.4, 0.5) is 4.39 Å². The average molecular weight is 387 g/mol. The molecule has 0 aliphatic carbocycles. The van der Waals surface area contributed by atoms with E-state index in [1.165, 1.54) is 12.1 Å². The second-order valence-electron chi connectivity index (χ2n) is 5.84. The van der Waals surface area contributed by atoms with Crippen molar-refractivity contribution >= 4 is 27.8 Å². The lowest BCUT2D eigenvalue weighted by molar-refractivity contribution is -0.138. The quantitative estimate of drug-likeness (QED) is 0.863. The number of likely N-dealkylation sites (N-methyl/N-ethyl adjacent to an activating group) is 1. The highest BCUT2D eigenvalue weighted by molar-refractivity contribution is 9.10. The van der Waals surface area contributed by atoms with Crippen molar-refractivity contribution in [2.45, 2.75) is 25.3 Å². The van der Waals surface area contributed by atoms with Gasteiger partial charge in [0.1, 0.15) is 5.82 Å². The smallest absolute Gasteiger partial charge is 0.317 e. The zero-order valence-corrected chi connectivity index (χ0v) is 14.6. The minimum absolute atomic E-state index is 0.00451. The molecule has 0 saturated carbocycles. The highest BCUT2D eigenvalue weighted by Crippen LogP contribution is 2.20. The lowest BCUT2D eigenvalue weighted by atomic mass is 10.1. The molecule has 1 aliphatic heterocycles. The fourth-order valence-electron chi connectivity index (χ4n) is 2.92. The average Bonchev–Trinajstić information content (AvgIpc) is 2.70. The van der Waals surface area contributed by atoms with Gasteiger partial charge in [-0.1, -0.05) is 15.9 Å². The molecule has 1 amide bonds. The number of halogens is 2. The van der Waals surface area contributed by atoms with Crippen molar-refractivity contribution in [2.24, 2.45) is 0 Å². The highest BCUT2D eigenvalue weighted by atomic mass is 79.9. The third-order valence-electron chi connectivity index (χ3n) is 4.10. The first-order valence-corrected chi connectivity index (χ1v) is 8.33. The Labute approximate surface area is 143 Å². The van der Waals surface area contributed by atoms with E-state index in [2.05, 4.69) is 15.9 Å². The molecule has 5 nitrogen and oxygen atoms in total. The molecule has 23 heavy (non-hydrogen) atoms. The SMILES string of the molecule is CN(CC(=O)O)[C@H]1CCCN(C(=O)c2cc(F)cc(Br)c2)CC1. The molecule has 0 radical (unpaired) electrons. The van der Waals surface area contributed by atoms with Crippen molar-refractivity contribution in [2.75, 3.05) is 26.7 Å². The van der Waals surface area contributed by atoms with Crippen molar-refractivity contribution in [3.63, 3.8) is 0 Å². The fraction of sp³-hybridized carbons (Fsp3) is 0.500. The van der Waals surface area contributed by atoms with Gasteiger partial charge in [-0.2, -0.15) is 0 Å². The molecule has 1 aliphatic rings. The number of amides is 1. The van der Waals surface area contributed by atoms with Gasteiger partial charge in [0.05, 0.1) is 6.54 Å². The lowest BCUT2D eigenvalue weighted by Gasteiger charge is -2.25. The van der Waals surface area contributed by atoms with Crippen LogP contribution in [0.1, 0.15) is 29.6 Å². The summed E-state index contributed by atoms with van der Waals surface area (Å²) in [5, 5.41) is 8.88. The Morgan fingerprint density at radius 3 is 2.74 bits per heavy atom. The number of benzene rings is 1. The van der Waals surface area contributed by atoms with Gasteiger partial charge in [-0.3, -0.25) is 14.5 Å². The number of hydrogen-bond acceptors (Lipinski definition) is 3. The molecule has 0 aromatic heterocycles. The molecule has 1 saturated heterocycles. The zero-order chi connectivity index (χ0) is 17.0. The summed E-state index contributed by atoms with van der Waals surface area (Å²) in [5.41, 5.74) is 0.328. The number of aliphatic carboxylic acids is 1. The van der Waals surface area contributed by atoms with Crippen molar-refractivity contribution in [1.29, 1.82) is 0 Å². The van der Waals surface area contributed by atoms with Crippen molar-refractivity contribution < 1.29 is 19.1 Å². The number of carbonyl (C=O) groups is 2. The maximum Gasteiger partial charge on any atom is 0.317 e. The van der Waals surface area contributed by atoms with Crippen LogP contribution >= 0.6 is 15.9 Å². The summed E-state index contributed by atoms with van der Waals surface area (Å²) >= 11 is 3.20. The molecule has 1 aromatic rings. The summed E-state index contributed by atoms with van der Waals surface area (Å²) in [7, 11) is 1.79. The van der Waals surface area contributed by atoms with Crippen molar-refractivity contribution in [3.8, 4) is 0 Å². The Hall–Kier alpha value is -1.47. The zero-order valence-electron chi connectivity index (χ0n) is 13.0. The van der Waals surface area contributed by atoms with Gasteiger partial charge >= 0.3 is 5.97 Å². The van der Waals surface area contributed by atoms with Crippen LogP contribution in [0.25, 0.3) is 0 Å². The summed E-state index contributed by atoms with van der Waals surface area (Å²) in [4.78, 5) is 26.9. The van der Waals surface area contributed by atoms with Gasteiger partial charge in [0.25, 0.3) is 5.91 Å². The van der Waals surface area contributed by atoms with E-state index in [4.69, 9.17) is 5.11 Å². The van der Waals surface area contributed by atoms with E-state index >= 15 is 0 Å². The number of carbonyl (C=O) groups excluding carboxylic acids is 1. The Balaban J connectivity index is 2.02. The number of hydrogen-bond donors (Lipinski definition) is 1. The van der Waals surface area contributed by atoms with Crippen molar-refractivity contribution in [1.82, 2.24) is 9.80 Å². The molecule has 0 spiro atoms. The van der Waals surface area contributed by atoms with Gasteiger partial charge in [-0.05, 0) is 44.5 Å². The predicted molar refractivity (Wildman–Crippen MR) is 87.9 cm³/mol.